The van der Waals surface area contributed by atoms with Gasteiger partial charge < -0.3 is 10.6 Å². The molecule has 1 amide bonds. The van der Waals surface area contributed by atoms with Crippen molar-refractivity contribution in [2.45, 2.75) is 18.8 Å². The fraction of sp³-hybridized carbons (Fsp3) is 0.294. The van der Waals surface area contributed by atoms with Crippen LogP contribution in [0.3, 0.4) is 0 Å². The first kappa shape index (κ1) is 14.6. The molecule has 1 aliphatic rings. The van der Waals surface area contributed by atoms with E-state index in [2.05, 4.69) is 27.4 Å². The monoisotopic (exact) mass is 322 g/mol. The highest BCUT2D eigenvalue weighted by Crippen LogP contribution is 2.28. The van der Waals surface area contributed by atoms with Gasteiger partial charge in [-0.2, -0.15) is 4.68 Å². The number of anilines is 1. The molecule has 7 nitrogen and oxygen atoms in total. The first-order valence-corrected chi connectivity index (χ1v) is 8.03. The number of piperidine rings is 1. The lowest BCUT2D eigenvalue weighted by atomic mass is 9.89. The molecule has 24 heavy (non-hydrogen) atoms. The Balaban J connectivity index is 1.47. The topological polar surface area (TPSA) is 89.9 Å². The normalized spacial score (nSPS) is 15.8. The number of hydrogen-bond acceptors (Lipinski definition) is 5. The Morgan fingerprint density at radius 3 is 2.62 bits per heavy atom. The summed E-state index contributed by atoms with van der Waals surface area (Å²) >= 11 is 0. The van der Waals surface area contributed by atoms with E-state index in [9.17, 15) is 4.79 Å². The number of aromatic nitrogens is 4. The van der Waals surface area contributed by atoms with Crippen molar-refractivity contribution < 1.29 is 4.79 Å². The third kappa shape index (κ3) is 2.58. The molecular formula is C17H18N6O. The van der Waals surface area contributed by atoms with E-state index in [1.807, 2.05) is 17.0 Å². The van der Waals surface area contributed by atoms with Gasteiger partial charge in [-0.3, -0.25) is 0 Å². The zero-order valence-electron chi connectivity index (χ0n) is 13.2. The second-order valence-corrected chi connectivity index (χ2v) is 6.06. The van der Waals surface area contributed by atoms with Crippen LogP contribution in [-0.4, -0.2) is 44.0 Å². The smallest absolute Gasteiger partial charge is 0.346 e. The molecule has 0 unspecified atom stereocenters. The molecular weight excluding hydrogens is 304 g/mol. The van der Waals surface area contributed by atoms with E-state index in [4.69, 9.17) is 5.73 Å². The second-order valence-electron chi connectivity index (χ2n) is 6.06. The van der Waals surface area contributed by atoms with Crippen LogP contribution in [0.1, 0.15) is 24.3 Å². The number of amides is 1. The highest BCUT2D eigenvalue weighted by Gasteiger charge is 2.26. The Bertz CT molecular complexity index is 864. The lowest BCUT2D eigenvalue weighted by Crippen LogP contribution is -2.40. The number of nitrogen functional groups attached to an aromatic ring is 1. The molecule has 0 aliphatic carbocycles. The van der Waals surface area contributed by atoms with Crippen molar-refractivity contribution in [3.05, 3.63) is 48.2 Å². The van der Waals surface area contributed by atoms with Crippen LogP contribution in [-0.2, 0) is 0 Å². The predicted octanol–water partition coefficient (Wildman–Crippen LogP) is 2.26. The van der Waals surface area contributed by atoms with Gasteiger partial charge in [0.15, 0.2) is 0 Å². The van der Waals surface area contributed by atoms with Crippen molar-refractivity contribution in [1.29, 1.82) is 0 Å². The van der Waals surface area contributed by atoms with Crippen LogP contribution in [0.15, 0.2) is 42.6 Å². The van der Waals surface area contributed by atoms with Crippen LogP contribution in [0.4, 0.5) is 10.5 Å². The van der Waals surface area contributed by atoms with Gasteiger partial charge in [0.05, 0.1) is 0 Å². The first-order chi connectivity index (χ1) is 11.7. The predicted molar refractivity (Wildman–Crippen MR) is 90.5 cm³/mol. The molecule has 2 aromatic heterocycles. The van der Waals surface area contributed by atoms with Crippen LogP contribution in [0, 0.1) is 0 Å². The maximum Gasteiger partial charge on any atom is 0.346 e. The number of benzene rings is 1. The van der Waals surface area contributed by atoms with Gasteiger partial charge in [-0.05, 0) is 48.6 Å². The van der Waals surface area contributed by atoms with Crippen LogP contribution in [0.25, 0.3) is 11.2 Å². The number of carbonyl (C=O) groups is 1. The van der Waals surface area contributed by atoms with Crippen molar-refractivity contribution in [3.8, 4) is 0 Å². The van der Waals surface area contributed by atoms with Crippen molar-refractivity contribution >= 4 is 22.9 Å². The quantitative estimate of drug-likeness (QED) is 0.694. The van der Waals surface area contributed by atoms with Gasteiger partial charge in [-0.25, -0.2) is 9.78 Å². The third-order valence-corrected chi connectivity index (χ3v) is 4.58. The van der Waals surface area contributed by atoms with Gasteiger partial charge in [0.2, 0.25) is 5.65 Å². The Kier molecular flexibility index (Phi) is 3.60. The van der Waals surface area contributed by atoms with E-state index < -0.39 is 0 Å². The maximum atomic E-state index is 12.7. The molecule has 0 atom stereocenters. The number of pyridine rings is 1. The Labute approximate surface area is 139 Å². The van der Waals surface area contributed by atoms with Crippen molar-refractivity contribution in [2.24, 2.45) is 0 Å². The van der Waals surface area contributed by atoms with Gasteiger partial charge in [-0.15, -0.1) is 5.10 Å². The highest BCUT2D eigenvalue weighted by molar-refractivity contribution is 5.86. The van der Waals surface area contributed by atoms with E-state index in [1.165, 1.54) is 10.2 Å². The summed E-state index contributed by atoms with van der Waals surface area (Å²) in [7, 11) is 0. The summed E-state index contributed by atoms with van der Waals surface area (Å²) in [5.41, 5.74) is 8.93. The minimum Gasteiger partial charge on any atom is -0.399 e. The number of rotatable bonds is 1. The van der Waals surface area contributed by atoms with Crippen LogP contribution in [0.5, 0.6) is 0 Å². The van der Waals surface area contributed by atoms with Crippen LogP contribution >= 0.6 is 0 Å². The molecule has 2 N–H and O–H groups in total. The van der Waals surface area contributed by atoms with Crippen molar-refractivity contribution in [1.82, 2.24) is 24.9 Å². The van der Waals surface area contributed by atoms with Crippen LogP contribution < -0.4 is 5.73 Å². The van der Waals surface area contributed by atoms with E-state index in [0.29, 0.717) is 30.2 Å². The number of carbonyl (C=O) groups excluding carboxylic acids is 1. The molecule has 0 spiro atoms. The number of hydrogen-bond donors (Lipinski definition) is 1. The number of fused-ring (bicyclic) bond motifs is 1. The average Bonchev–Trinajstić information content (AvgIpc) is 3.06. The SMILES string of the molecule is Nc1ccc(C2CCN(C(=O)n3nnc4ncccc43)CC2)cc1. The third-order valence-electron chi connectivity index (χ3n) is 4.58. The Morgan fingerprint density at radius 1 is 1.12 bits per heavy atom. The molecule has 0 saturated carbocycles. The number of nitrogens with two attached hydrogens (primary N) is 1. The number of nitrogens with zero attached hydrogens (tertiary/aromatic N) is 5. The van der Waals surface area contributed by atoms with E-state index in [-0.39, 0.29) is 6.03 Å². The molecule has 1 saturated heterocycles. The molecule has 3 aromatic rings. The summed E-state index contributed by atoms with van der Waals surface area (Å²) in [5.74, 6) is 0.462. The molecule has 1 aliphatic heterocycles. The molecule has 7 heteroatoms. The first-order valence-electron chi connectivity index (χ1n) is 8.03. The molecule has 0 bridgehead atoms. The molecule has 1 aromatic carbocycles. The summed E-state index contributed by atoms with van der Waals surface area (Å²) in [6, 6.07) is 11.5. The number of likely N-dealkylation sites (tertiary alicyclic amines) is 1. The van der Waals surface area contributed by atoms with E-state index >= 15 is 0 Å². The second kappa shape index (κ2) is 5.92. The highest BCUT2D eigenvalue weighted by atomic mass is 16.2. The molecule has 122 valence electrons. The fourth-order valence-electron chi connectivity index (χ4n) is 3.21. The van der Waals surface area contributed by atoms with E-state index in [0.717, 1.165) is 18.5 Å². The molecule has 3 heterocycles. The largest absolute Gasteiger partial charge is 0.399 e. The zero-order chi connectivity index (χ0) is 16.5. The molecule has 0 radical (unpaired) electrons. The maximum absolute atomic E-state index is 12.7. The molecule has 4 rings (SSSR count). The minimum absolute atomic E-state index is 0.138. The lowest BCUT2D eigenvalue weighted by Gasteiger charge is -2.31. The molecule has 1 fully saturated rings. The lowest BCUT2D eigenvalue weighted by molar-refractivity contribution is 0.180. The van der Waals surface area contributed by atoms with Gasteiger partial charge in [0.25, 0.3) is 0 Å². The summed E-state index contributed by atoms with van der Waals surface area (Å²) in [5, 5.41) is 7.90. The van der Waals surface area contributed by atoms with Gasteiger partial charge in [0, 0.05) is 25.0 Å². The Hall–Kier alpha value is -2.96. The summed E-state index contributed by atoms with van der Waals surface area (Å²) in [4.78, 5) is 18.6. The Morgan fingerprint density at radius 2 is 1.88 bits per heavy atom. The fourth-order valence-corrected chi connectivity index (χ4v) is 3.21. The standard InChI is InChI=1S/C17H18N6O/c18-14-5-3-12(4-6-14)13-7-10-22(11-8-13)17(24)23-15-2-1-9-19-16(15)20-21-23/h1-6,9,13H,7-8,10-11,18H2. The van der Waals surface area contributed by atoms with E-state index in [1.54, 1.807) is 18.3 Å². The summed E-state index contributed by atoms with van der Waals surface area (Å²) in [6.45, 7) is 1.41. The average molecular weight is 322 g/mol. The van der Waals surface area contributed by atoms with Crippen molar-refractivity contribution in [2.75, 3.05) is 18.8 Å². The van der Waals surface area contributed by atoms with Gasteiger partial charge >= 0.3 is 6.03 Å². The van der Waals surface area contributed by atoms with Gasteiger partial charge in [0.1, 0.15) is 5.52 Å². The summed E-state index contributed by atoms with van der Waals surface area (Å²) < 4.78 is 1.34. The zero-order valence-corrected chi connectivity index (χ0v) is 13.2. The van der Waals surface area contributed by atoms with Crippen LogP contribution in [0.2, 0.25) is 0 Å². The van der Waals surface area contributed by atoms with Gasteiger partial charge in [-0.1, -0.05) is 17.3 Å². The summed E-state index contributed by atoms with van der Waals surface area (Å²) in [6.07, 6.45) is 3.50. The minimum atomic E-state index is -0.138. The van der Waals surface area contributed by atoms with Crippen molar-refractivity contribution in [3.63, 3.8) is 0 Å².